The molecule has 0 atom stereocenters. The lowest BCUT2D eigenvalue weighted by atomic mass is 10.3. The quantitative estimate of drug-likeness (QED) is 0.802. The molecule has 2 heterocycles. The molecule has 90 valence electrons. The summed E-state index contributed by atoms with van der Waals surface area (Å²) in [5.74, 6) is 1.63. The molecule has 6 heteroatoms. The Kier molecular flexibility index (Phi) is 3.54. The fraction of sp³-hybridized carbons (Fsp3) is 0.364. The van der Waals surface area contributed by atoms with E-state index in [-0.39, 0.29) is 0 Å². The molecule has 0 fully saturated rings. The minimum absolute atomic E-state index is 0.808. The summed E-state index contributed by atoms with van der Waals surface area (Å²) in [5, 5.41) is 10.4. The van der Waals surface area contributed by atoms with Crippen molar-refractivity contribution < 1.29 is 0 Å². The molecule has 0 aliphatic carbocycles. The Morgan fingerprint density at radius 3 is 2.82 bits per heavy atom. The van der Waals surface area contributed by atoms with Gasteiger partial charge in [-0.1, -0.05) is 0 Å². The Hall–Kier alpha value is -2.11. The number of hydrogen-bond donors (Lipinski definition) is 2. The molecule has 6 nitrogen and oxygen atoms in total. The largest absolute Gasteiger partial charge is 0.373 e. The number of aromatic nitrogens is 4. The van der Waals surface area contributed by atoms with Crippen molar-refractivity contribution in [1.82, 2.24) is 19.7 Å². The van der Waals surface area contributed by atoms with Gasteiger partial charge in [-0.25, -0.2) is 9.97 Å². The second kappa shape index (κ2) is 5.29. The van der Waals surface area contributed by atoms with E-state index >= 15 is 0 Å². The van der Waals surface area contributed by atoms with Crippen molar-refractivity contribution in [2.24, 2.45) is 7.05 Å². The van der Waals surface area contributed by atoms with Crippen molar-refractivity contribution in [3.05, 3.63) is 30.4 Å². The van der Waals surface area contributed by atoms with Crippen LogP contribution in [0.1, 0.15) is 5.69 Å². The number of nitrogens with one attached hydrogen (secondary N) is 2. The van der Waals surface area contributed by atoms with Crippen LogP contribution in [0.3, 0.4) is 0 Å². The smallest absolute Gasteiger partial charge is 0.131 e. The third-order valence-corrected chi connectivity index (χ3v) is 2.53. The van der Waals surface area contributed by atoms with E-state index < -0.39 is 0 Å². The van der Waals surface area contributed by atoms with Gasteiger partial charge in [0.2, 0.25) is 0 Å². The number of rotatable bonds is 5. The average Bonchev–Trinajstić information content (AvgIpc) is 2.76. The molecule has 0 aliphatic heterocycles. The highest BCUT2D eigenvalue weighted by molar-refractivity contribution is 5.45. The average molecular weight is 232 g/mol. The highest BCUT2D eigenvalue weighted by Gasteiger charge is 1.99. The Morgan fingerprint density at radius 1 is 1.29 bits per heavy atom. The zero-order chi connectivity index (χ0) is 12.1. The summed E-state index contributed by atoms with van der Waals surface area (Å²) in [7, 11) is 3.78. The summed E-state index contributed by atoms with van der Waals surface area (Å²) in [5.41, 5.74) is 1.19. The molecule has 0 unspecified atom stereocenters. The van der Waals surface area contributed by atoms with Crippen LogP contribution in [0.5, 0.6) is 0 Å². The molecule has 0 aromatic carbocycles. The van der Waals surface area contributed by atoms with Gasteiger partial charge in [-0.3, -0.25) is 4.68 Å². The zero-order valence-corrected chi connectivity index (χ0v) is 10.0. The predicted octanol–water partition coefficient (Wildman–Crippen LogP) is 0.906. The maximum absolute atomic E-state index is 4.14. The van der Waals surface area contributed by atoms with Gasteiger partial charge in [0.05, 0.1) is 0 Å². The van der Waals surface area contributed by atoms with Crippen LogP contribution in [-0.4, -0.2) is 33.3 Å². The molecule has 0 saturated heterocycles. The summed E-state index contributed by atoms with van der Waals surface area (Å²) in [6, 6.07) is 3.89. The maximum Gasteiger partial charge on any atom is 0.131 e. The third-order valence-electron chi connectivity index (χ3n) is 2.53. The van der Waals surface area contributed by atoms with E-state index in [1.54, 1.807) is 6.20 Å². The predicted molar refractivity (Wildman–Crippen MR) is 67.0 cm³/mol. The third kappa shape index (κ3) is 2.93. The van der Waals surface area contributed by atoms with Crippen LogP contribution < -0.4 is 10.6 Å². The van der Waals surface area contributed by atoms with Gasteiger partial charge in [0.15, 0.2) is 0 Å². The Labute approximate surface area is 100 Å². The fourth-order valence-electron chi connectivity index (χ4n) is 1.56. The first kappa shape index (κ1) is 11.4. The first-order valence-electron chi connectivity index (χ1n) is 5.50. The van der Waals surface area contributed by atoms with E-state index in [2.05, 4.69) is 25.7 Å². The second-order valence-electron chi connectivity index (χ2n) is 3.66. The SMILES string of the molecule is CNc1cc(NCCc2ccnn2C)ncn1. The monoisotopic (exact) mass is 232 g/mol. The number of nitrogens with zero attached hydrogens (tertiary/aromatic N) is 4. The molecule has 0 spiro atoms. The topological polar surface area (TPSA) is 67.7 Å². The summed E-state index contributed by atoms with van der Waals surface area (Å²) in [6.07, 6.45) is 4.26. The van der Waals surface area contributed by atoms with Gasteiger partial charge >= 0.3 is 0 Å². The van der Waals surface area contributed by atoms with Crippen LogP contribution in [-0.2, 0) is 13.5 Å². The maximum atomic E-state index is 4.14. The van der Waals surface area contributed by atoms with Crippen LogP contribution in [0.15, 0.2) is 24.7 Å². The van der Waals surface area contributed by atoms with E-state index in [1.807, 2.05) is 30.9 Å². The summed E-state index contributed by atoms with van der Waals surface area (Å²) in [4.78, 5) is 8.20. The molecule has 0 saturated carbocycles. The van der Waals surface area contributed by atoms with Crippen molar-refractivity contribution in [1.29, 1.82) is 0 Å². The van der Waals surface area contributed by atoms with E-state index in [0.717, 1.165) is 24.6 Å². The van der Waals surface area contributed by atoms with Crippen LogP contribution >= 0.6 is 0 Å². The Bertz CT molecular complexity index is 478. The number of hydrogen-bond acceptors (Lipinski definition) is 5. The number of anilines is 2. The van der Waals surface area contributed by atoms with Crippen molar-refractivity contribution in [2.75, 3.05) is 24.2 Å². The van der Waals surface area contributed by atoms with Crippen molar-refractivity contribution in [2.45, 2.75) is 6.42 Å². The van der Waals surface area contributed by atoms with Gasteiger partial charge in [0.1, 0.15) is 18.0 Å². The van der Waals surface area contributed by atoms with E-state index in [4.69, 9.17) is 0 Å². The van der Waals surface area contributed by atoms with Gasteiger partial charge in [-0.15, -0.1) is 0 Å². The lowest BCUT2D eigenvalue weighted by Crippen LogP contribution is -2.09. The van der Waals surface area contributed by atoms with Gasteiger partial charge in [0, 0.05) is 45.0 Å². The molecule has 0 bridgehead atoms. The molecule has 17 heavy (non-hydrogen) atoms. The van der Waals surface area contributed by atoms with Crippen LogP contribution in [0.4, 0.5) is 11.6 Å². The summed E-state index contributed by atoms with van der Waals surface area (Å²) in [6.45, 7) is 0.819. The lowest BCUT2D eigenvalue weighted by Gasteiger charge is -2.06. The molecular formula is C11H16N6. The highest BCUT2D eigenvalue weighted by atomic mass is 15.3. The molecule has 2 N–H and O–H groups in total. The number of aryl methyl sites for hydroxylation is 1. The second-order valence-corrected chi connectivity index (χ2v) is 3.66. The minimum Gasteiger partial charge on any atom is -0.373 e. The molecule has 2 aromatic rings. The zero-order valence-electron chi connectivity index (χ0n) is 10.0. The Balaban J connectivity index is 1.87. The van der Waals surface area contributed by atoms with Gasteiger partial charge in [0.25, 0.3) is 0 Å². The molecule has 0 aliphatic rings. The normalized spacial score (nSPS) is 10.2. The lowest BCUT2D eigenvalue weighted by molar-refractivity contribution is 0.711. The molecule has 2 rings (SSSR count). The summed E-state index contributed by atoms with van der Waals surface area (Å²) < 4.78 is 1.88. The molecule has 0 radical (unpaired) electrons. The van der Waals surface area contributed by atoms with Gasteiger partial charge < -0.3 is 10.6 Å². The van der Waals surface area contributed by atoms with E-state index in [1.165, 1.54) is 12.0 Å². The molecule has 2 aromatic heterocycles. The van der Waals surface area contributed by atoms with Crippen LogP contribution in [0.2, 0.25) is 0 Å². The van der Waals surface area contributed by atoms with Crippen LogP contribution in [0, 0.1) is 0 Å². The van der Waals surface area contributed by atoms with Crippen molar-refractivity contribution in [3.8, 4) is 0 Å². The standard InChI is InChI=1S/C11H16N6/c1-12-10-7-11(15-8-14-10)13-5-3-9-4-6-16-17(9)2/h4,6-8H,3,5H2,1-2H3,(H2,12,13,14,15). The molecular weight excluding hydrogens is 216 g/mol. The van der Waals surface area contributed by atoms with E-state index in [9.17, 15) is 0 Å². The first-order valence-corrected chi connectivity index (χ1v) is 5.50. The molecule has 0 amide bonds. The summed E-state index contributed by atoms with van der Waals surface area (Å²) >= 11 is 0. The minimum atomic E-state index is 0.808. The van der Waals surface area contributed by atoms with Crippen molar-refractivity contribution in [3.63, 3.8) is 0 Å². The Morgan fingerprint density at radius 2 is 2.12 bits per heavy atom. The van der Waals surface area contributed by atoms with Gasteiger partial charge in [-0.2, -0.15) is 5.10 Å². The van der Waals surface area contributed by atoms with Gasteiger partial charge in [-0.05, 0) is 6.07 Å². The van der Waals surface area contributed by atoms with E-state index in [0.29, 0.717) is 0 Å². The van der Waals surface area contributed by atoms with Crippen LogP contribution in [0.25, 0.3) is 0 Å². The first-order chi connectivity index (χ1) is 8.29. The fourth-order valence-corrected chi connectivity index (χ4v) is 1.56. The highest BCUT2D eigenvalue weighted by Crippen LogP contribution is 2.07. The van der Waals surface area contributed by atoms with Crippen molar-refractivity contribution >= 4 is 11.6 Å².